The number of nitrogens with zero attached hydrogens (tertiary/aromatic N) is 2. The summed E-state index contributed by atoms with van der Waals surface area (Å²) < 4.78 is 14.7. The van der Waals surface area contributed by atoms with E-state index in [0.717, 1.165) is 5.69 Å². The molecule has 3 rings (SSSR count). The molecule has 7 heteroatoms. The Labute approximate surface area is 139 Å². The molecule has 0 radical (unpaired) electrons. The van der Waals surface area contributed by atoms with Gasteiger partial charge in [0.05, 0.1) is 23.1 Å². The highest BCUT2D eigenvalue weighted by Crippen LogP contribution is 2.17. The van der Waals surface area contributed by atoms with Gasteiger partial charge in [0.15, 0.2) is 0 Å². The molecule has 1 aromatic heterocycles. The average molecular weight is 330 g/mol. The van der Waals surface area contributed by atoms with E-state index < -0.39 is 0 Å². The van der Waals surface area contributed by atoms with Crippen molar-refractivity contribution in [2.45, 2.75) is 32.2 Å². The summed E-state index contributed by atoms with van der Waals surface area (Å²) in [4.78, 5) is 23.7. The van der Waals surface area contributed by atoms with Crippen LogP contribution in [0.1, 0.15) is 35.8 Å². The van der Waals surface area contributed by atoms with Crippen LogP contribution in [0.25, 0.3) is 5.69 Å². The van der Waals surface area contributed by atoms with Gasteiger partial charge in [-0.25, -0.2) is 9.07 Å². The second-order valence-corrected chi connectivity index (χ2v) is 5.76. The van der Waals surface area contributed by atoms with Crippen LogP contribution in [-0.2, 0) is 11.2 Å². The minimum absolute atomic E-state index is 0.0128. The highest BCUT2D eigenvalue weighted by atomic mass is 19.1. The summed E-state index contributed by atoms with van der Waals surface area (Å²) in [6.07, 6.45) is 3.19. The van der Waals surface area contributed by atoms with Crippen molar-refractivity contribution < 1.29 is 14.0 Å². The van der Waals surface area contributed by atoms with Gasteiger partial charge < -0.3 is 10.6 Å². The van der Waals surface area contributed by atoms with Gasteiger partial charge in [-0.05, 0) is 37.1 Å². The summed E-state index contributed by atoms with van der Waals surface area (Å²) in [5.41, 5.74) is 1.97. The fourth-order valence-electron chi connectivity index (χ4n) is 2.83. The number of aromatic nitrogens is 2. The molecule has 1 aromatic carbocycles. The van der Waals surface area contributed by atoms with Gasteiger partial charge in [0.25, 0.3) is 5.91 Å². The molecular formula is C17H19FN4O2. The van der Waals surface area contributed by atoms with Crippen LogP contribution in [0.15, 0.2) is 30.5 Å². The number of amides is 2. The molecule has 2 amide bonds. The van der Waals surface area contributed by atoms with E-state index in [0.29, 0.717) is 37.1 Å². The minimum atomic E-state index is -0.318. The smallest absolute Gasteiger partial charge is 0.255 e. The molecule has 0 bridgehead atoms. The molecule has 126 valence electrons. The molecule has 1 aliphatic rings. The number of piperidine rings is 1. The van der Waals surface area contributed by atoms with Crippen LogP contribution < -0.4 is 10.6 Å². The van der Waals surface area contributed by atoms with Gasteiger partial charge in [-0.3, -0.25) is 9.59 Å². The Morgan fingerprint density at radius 2 is 2.17 bits per heavy atom. The van der Waals surface area contributed by atoms with Crippen molar-refractivity contribution in [2.24, 2.45) is 0 Å². The standard InChI is InChI=1S/C17H19FN4O2/c1-2-15-14(17(24)21-12-5-8-16(23)19-9-12)10-20-22(15)13-6-3-11(18)4-7-13/h3-4,6-7,10,12H,2,5,8-9H2,1H3,(H,19,23)(H,21,24). The lowest BCUT2D eigenvalue weighted by Crippen LogP contribution is -2.47. The first-order chi connectivity index (χ1) is 11.6. The predicted octanol–water partition coefficient (Wildman–Crippen LogP) is 1.58. The molecule has 0 spiro atoms. The Hall–Kier alpha value is -2.70. The first kappa shape index (κ1) is 16.2. The summed E-state index contributed by atoms with van der Waals surface area (Å²) in [7, 11) is 0. The molecule has 2 heterocycles. The number of halogens is 1. The Bertz CT molecular complexity index is 744. The van der Waals surface area contributed by atoms with Crippen LogP contribution in [0.5, 0.6) is 0 Å². The van der Waals surface area contributed by atoms with Gasteiger partial charge in [-0.15, -0.1) is 0 Å². The summed E-state index contributed by atoms with van der Waals surface area (Å²) in [6, 6.07) is 5.90. The van der Waals surface area contributed by atoms with E-state index in [1.165, 1.54) is 18.3 Å². The molecule has 0 saturated carbocycles. The normalized spacial score (nSPS) is 17.4. The highest BCUT2D eigenvalue weighted by Gasteiger charge is 2.23. The molecule has 1 atom stereocenters. The number of rotatable bonds is 4. The predicted molar refractivity (Wildman–Crippen MR) is 86.4 cm³/mol. The van der Waals surface area contributed by atoms with Crippen LogP contribution in [0.3, 0.4) is 0 Å². The van der Waals surface area contributed by atoms with E-state index in [4.69, 9.17) is 0 Å². The first-order valence-corrected chi connectivity index (χ1v) is 7.99. The quantitative estimate of drug-likeness (QED) is 0.894. The fourth-order valence-corrected chi connectivity index (χ4v) is 2.83. The largest absolute Gasteiger partial charge is 0.354 e. The van der Waals surface area contributed by atoms with E-state index in [9.17, 15) is 14.0 Å². The summed E-state index contributed by atoms with van der Waals surface area (Å²) in [5.74, 6) is -0.512. The van der Waals surface area contributed by atoms with E-state index in [2.05, 4.69) is 15.7 Å². The number of carbonyl (C=O) groups excluding carboxylic acids is 2. The maximum Gasteiger partial charge on any atom is 0.255 e. The lowest BCUT2D eigenvalue weighted by molar-refractivity contribution is -0.122. The average Bonchev–Trinajstić information content (AvgIpc) is 3.01. The topological polar surface area (TPSA) is 76.0 Å². The molecular weight excluding hydrogens is 311 g/mol. The summed E-state index contributed by atoms with van der Waals surface area (Å²) in [6.45, 7) is 2.38. The van der Waals surface area contributed by atoms with Crippen LogP contribution in [-0.4, -0.2) is 34.2 Å². The third-order valence-corrected chi connectivity index (χ3v) is 4.12. The third kappa shape index (κ3) is 3.29. The molecule has 0 aliphatic carbocycles. The zero-order valence-corrected chi connectivity index (χ0v) is 13.4. The molecule has 6 nitrogen and oxygen atoms in total. The molecule has 2 N–H and O–H groups in total. The van der Waals surface area contributed by atoms with Crippen LogP contribution in [0, 0.1) is 5.82 Å². The van der Waals surface area contributed by atoms with Crippen molar-refractivity contribution in [2.75, 3.05) is 6.54 Å². The molecule has 1 fully saturated rings. The van der Waals surface area contributed by atoms with Gasteiger partial charge in [0.2, 0.25) is 5.91 Å². The highest BCUT2D eigenvalue weighted by molar-refractivity contribution is 5.95. The lowest BCUT2D eigenvalue weighted by Gasteiger charge is -2.23. The van der Waals surface area contributed by atoms with Crippen molar-refractivity contribution in [3.8, 4) is 5.69 Å². The van der Waals surface area contributed by atoms with Gasteiger partial charge in [-0.1, -0.05) is 6.92 Å². The molecule has 2 aromatic rings. The number of hydrogen-bond acceptors (Lipinski definition) is 3. The Balaban J connectivity index is 1.79. The monoisotopic (exact) mass is 330 g/mol. The van der Waals surface area contributed by atoms with E-state index >= 15 is 0 Å². The molecule has 24 heavy (non-hydrogen) atoms. The molecule has 1 aliphatic heterocycles. The van der Waals surface area contributed by atoms with Crippen molar-refractivity contribution in [3.05, 3.63) is 47.5 Å². The van der Waals surface area contributed by atoms with E-state index in [1.54, 1.807) is 16.8 Å². The molecule has 1 saturated heterocycles. The van der Waals surface area contributed by atoms with Crippen molar-refractivity contribution in [1.29, 1.82) is 0 Å². The van der Waals surface area contributed by atoms with Gasteiger partial charge in [0, 0.05) is 19.0 Å². The SMILES string of the molecule is CCc1c(C(=O)NC2CCC(=O)NC2)cnn1-c1ccc(F)cc1. The Morgan fingerprint density at radius 1 is 1.42 bits per heavy atom. The number of hydrogen-bond donors (Lipinski definition) is 2. The third-order valence-electron chi connectivity index (χ3n) is 4.12. The van der Waals surface area contributed by atoms with E-state index in [-0.39, 0.29) is 23.7 Å². The lowest BCUT2D eigenvalue weighted by atomic mass is 10.1. The Kier molecular flexibility index (Phi) is 4.59. The Morgan fingerprint density at radius 3 is 2.79 bits per heavy atom. The van der Waals surface area contributed by atoms with Gasteiger partial charge >= 0.3 is 0 Å². The van der Waals surface area contributed by atoms with Crippen molar-refractivity contribution in [1.82, 2.24) is 20.4 Å². The van der Waals surface area contributed by atoms with Gasteiger partial charge in [-0.2, -0.15) is 5.10 Å². The second kappa shape index (κ2) is 6.82. The van der Waals surface area contributed by atoms with E-state index in [1.807, 2.05) is 6.92 Å². The van der Waals surface area contributed by atoms with Crippen LogP contribution in [0.4, 0.5) is 4.39 Å². The number of benzene rings is 1. The first-order valence-electron chi connectivity index (χ1n) is 7.99. The number of nitrogens with one attached hydrogen (secondary N) is 2. The van der Waals surface area contributed by atoms with Gasteiger partial charge in [0.1, 0.15) is 5.82 Å². The zero-order chi connectivity index (χ0) is 17.1. The van der Waals surface area contributed by atoms with Crippen LogP contribution in [0.2, 0.25) is 0 Å². The summed E-state index contributed by atoms with van der Waals surface area (Å²) in [5, 5.41) is 9.96. The van der Waals surface area contributed by atoms with Crippen molar-refractivity contribution >= 4 is 11.8 Å². The maximum absolute atomic E-state index is 13.1. The second-order valence-electron chi connectivity index (χ2n) is 5.76. The number of carbonyl (C=O) groups is 2. The fraction of sp³-hybridized carbons (Fsp3) is 0.353. The molecule has 1 unspecified atom stereocenters. The summed E-state index contributed by atoms with van der Waals surface area (Å²) >= 11 is 0. The van der Waals surface area contributed by atoms with Crippen LogP contribution >= 0.6 is 0 Å². The van der Waals surface area contributed by atoms with Crippen molar-refractivity contribution in [3.63, 3.8) is 0 Å². The minimum Gasteiger partial charge on any atom is -0.354 e. The zero-order valence-electron chi connectivity index (χ0n) is 13.4. The maximum atomic E-state index is 13.1.